The Labute approximate surface area is 120 Å². The van der Waals surface area contributed by atoms with Crippen molar-refractivity contribution in [1.82, 2.24) is 10.6 Å². The van der Waals surface area contributed by atoms with Gasteiger partial charge in [0, 0.05) is 25.0 Å². The van der Waals surface area contributed by atoms with E-state index in [4.69, 9.17) is 5.73 Å². The van der Waals surface area contributed by atoms with Crippen LogP contribution in [0.3, 0.4) is 0 Å². The highest BCUT2D eigenvalue weighted by Crippen LogP contribution is 2.18. The summed E-state index contributed by atoms with van der Waals surface area (Å²) in [7, 11) is 0. The minimum absolute atomic E-state index is 0. The summed E-state index contributed by atoms with van der Waals surface area (Å²) in [4.78, 5) is 15.4. The van der Waals surface area contributed by atoms with Crippen LogP contribution in [0.15, 0.2) is 4.99 Å². The summed E-state index contributed by atoms with van der Waals surface area (Å²) in [6.07, 6.45) is 3.55. The normalized spacial score (nSPS) is 15.4. The van der Waals surface area contributed by atoms with Crippen LogP contribution in [0.25, 0.3) is 0 Å². The summed E-state index contributed by atoms with van der Waals surface area (Å²) < 4.78 is 0. The number of guanidine groups is 1. The molecular formula is C11H23IN4O. The molecule has 0 heterocycles. The zero-order valence-corrected chi connectivity index (χ0v) is 12.9. The molecule has 1 aliphatic carbocycles. The number of nitrogens with zero attached hydrogens (tertiary/aromatic N) is 1. The Morgan fingerprint density at radius 1 is 1.47 bits per heavy atom. The molecule has 0 unspecified atom stereocenters. The van der Waals surface area contributed by atoms with Crippen LogP contribution in [-0.4, -0.2) is 30.5 Å². The molecule has 1 rings (SSSR count). The summed E-state index contributed by atoms with van der Waals surface area (Å²) in [5, 5.41) is 5.94. The molecule has 100 valence electrons. The lowest BCUT2D eigenvalue weighted by molar-refractivity contribution is -0.121. The zero-order chi connectivity index (χ0) is 12.0. The number of rotatable bonds is 6. The molecule has 5 nitrogen and oxygen atoms in total. The molecule has 0 bridgehead atoms. The number of carbonyl (C=O) groups excluding carboxylic acids is 1. The number of halogens is 1. The van der Waals surface area contributed by atoms with Gasteiger partial charge in [-0.2, -0.15) is 0 Å². The second kappa shape index (κ2) is 8.54. The maximum Gasteiger partial charge on any atom is 0.220 e. The molecular weight excluding hydrogens is 331 g/mol. The quantitative estimate of drug-likeness (QED) is 0.288. The SMILES string of the molecule is CC(C)NC(N)=NCCCC(=O)NC1CC1.I. The largest absolute Gasteiger partial charge is 0.370 e. The third kappa shape index (κ3) is 9.20. The Kier molecular flexibility index (Phi) is 8.28. The maximum absolute atomic E-state index is 11.3. The second-order valence-electron chi connectivity index (χ2n) is 4.51. The Bertz CT molecular complexity index is 264. The van der Waals surface area contributed by atoms with Crippen molar-refractivity contribution in [2.24, 2.45) is 10.7 Å². The van der Waals surface area contributed by atoms with Crippen LogP contribution in [0.2, 0.25) is 0 Å². The van der Waals surface area contributed by atoms with Crippen molar-refractivity contribution in [2.75, 3.05) is 6.54 Å². The Morgan fingerprint density at radius 2 is 2.12 bits per heavy atom. The first-order chi connectivity index (χ1) is 7.58. The van der Waals surface area contributed by atoms with E-state index in [-0.39, 0.29) is 29.9 Å². The fourth-order valence-corrected chi connectivity index (χ4v) is 1.31. The highest BCUT2D eigenvalue weighted by Gasteiger charge is 2.22. The third-order valence-corrected chi connectivity index (χ3v) is 2.22. The fraction of sp³-hybridized carbons (Fsp3) is 0.818. The predicted octanol–water partition coefficient (Wildman–Crippen LogP) is 0.976. The van der Waals surface area contributed by atoms with Crippen LogP contribution in [-0.2, 0) is 4.79 Å². The summed E-state index contributed by atoms with van der Waals surface area (Å²) in [5.41, 5.74) is 5.62. The summed E-state index contributed by atoms with van der Waals surface area (Å²) in [6.45, 7) is 4.61. The topological polar surface area (TPSA) is 79.5 Å². The smallest absolute Gasteiger partial charge is 0.220 e. The molecule has 0 saturated heterocycles. The van der Waals surface area contributed by atoms with E-state index in [2.05, 4.69) is 15.6 Å². The average molecular weight is 354 g/mol. The highest BCUT2D eigenvalue weighted by atomic mass is 127. The van der Waals surface area contributed by atoms with E-state index in [1.165, 1.54) is 0 Å². The molecule has 0 atom stereocenters. The molecule has 1 amide bonds. The molecule has 6 heteroatoms. The zero-order valence-electron chi connectivity index (χ0n) is 10.5. The second-order valence-corrected chi connectivity index (χ2v) is 4.51. The molecule has 17 heavy (non-hydrogen) atoms. The number of nitrogens with one attached hydrogen (secondary N) is 2. The van der Waals surface area contributed by atoms with Gasteiger partial charge >= 0.3 is 0 Å². The number of aliphatic imine (C=N–C) groups is 1. The Morgan fingerprint density at radius 3 is 2.65 bits per heavy atom. The molecule has 1 aliphatic rings. The number of amides is 1. The lowest BCUT2D eigenvalue weighted by Crippen LogP contribution is -2.36. The number of hydrogen-bond donors (Lipinski definition) is 3. The van der Waals surface area contributed by atoms with Crippen LogP contribution < -0.4 is 16.4 Å². The molecule has 0 aromatic rings. The van der Waals surface area contributed by atoms with Crippen molar-refractivity contribution in [3.8, 4) is 0 Å². The van der Waals surface area contributed by atoms with E-state index in [0.29, 0.717) is 31.0 Å². The van der Waals surface area contributed by atoms with Gasteiger partial charge < -0.3 is 16.4 Å². The molecule has 0 spiro atoms. The molecule has 0 radical (unpaired) electrons. The Hall–Kier alpha value is -0.530. The van der Waals surface area contributed by atoms with Crippen LogP contribution in [0.1, 0.15) is 39.5 Å². The van der Waals surface area contributed by atoms with Crippen molar-refractivity contribution in [2.45, 2.75) is 51.6 Å². The minimum atomic E-state index is 0. The molecule has 0 aliphatic heterocycles. The van der Waals surface area contributed by atoms with E-state index in [9.17, 15) is 4.79 Å². The van der Waals surface area contributed by atoms with Crippen molar-refractivity contribution in [3.63, 3.8) is 0 Å². The first kappa shape index (κ1) is 16.5. The number of carbonyl (C=O) groups is 1. The van der Waals surface area contributed by atoms with Gasteiger partial charge in [0.1, 0.15) is 0 Å². The molecule has 4 N–H and O–H groups in total. The fourth-order valence-electron chi connectivity index (χ4n) is 1.31. The van der Waals surface area contributed by atoms with E-state index in [1.807, 2.05) is 13.8 Å². The van der Waals surface area contributed by atoms with Crippen LogP contribution in [0.4, 0.5) is 0 Å². The number of hydrogen-bond acceptors (Lipinski definition) is 2. The maximum atomic E-state index is 11.3. The molecule has 1 saturated carbocycles. The summed E-state index contributed by atoms with van der Waals surface area (Å²) in [5.74, 6) is 0.589. The van der Waals surface area contributed by atoms with E-state index < -0.39 is 0 Å². The number of nitrogens with two attached hydrogens (primary N) is 1. The van der Waals surface area contributed by atoms with Crippen LogP contribution >= 0.6 is 24.0 Å². The van der Waals surface area contributed by atoms with Gasteiger partial charge in [-0.25, -0.2) is 0 Å². The lowest BCUT2D eigenvalue weighted by Gasteiger charge is -2.08. The van der Waals surface area contributed by atoms with Crippen molar-refractivity contribution in [3.05, 3.63) is 0 Å². The van der Waals surface area contributed by atoms with Gasteiger partial charge in [0.05, 0.1) is 0 Å². The molecule has 0 aromatic heterocycles. The molecule has 0 aromatic carbocycles. The lowest BCUT2D eigenvalue weighted by atomic mass is 10.3. The van der Waals surface area contributed by atoms with Gasteiger partial charge in [-0.3, -0.25) is 9.79 Å². The van der Waals surface area contributed by atoms with Crippen LogP contribution in [0.5, 0.6) is 0 Å². The third-order valence-electron chi connectivity index (χ3n) is 2.22. The van der Waals surface area contributed by atoms with Gasteiger partial charge in [-0.15, -0.1) is 24.0 Å². The van der Waals surface area contributed by atoms with Crippen molar-refractivity contribution in [1.29, 1.82) is 0 Å². The first-order valence-electron chi connectivity index (χ1n) is 5.93. The van der Waals surface area contributed by atoms with E-state index >= 15 is 0 Å². The van der Waals surface area contributed by atoms with Gasteiger partial charge in [-0.1, -0.05) is 0 Å². The van der Waals surface area contributed by atoms with E-state index in [1.54, 1.807) is 0 Å². The van der Waals surface area contributed by atoms with Gasteiger partial charge in [0.25, 0.3) is 0 Å². The first-order valence-corrected chi connectivity index (χ1v) is 5.93. The van der Waals surface area contributed by atoms with Gasteiger partial charge in [-0.05, 0) is 33.1 Å². The molecule has 1 fully saturated rings. The monoisotopic (exact) mass is 354 g/mol. The summed E-state index contributed by atoms with van der Waals surface area (Å²) in [6, 6.07) is 0.741. The van der Waals surface area contributed by atoms with Crippen molar-refractivity contribution >= 4 is 35.8 Å². The summed E-state index contributed by atoms with van der Waals surface area (Å²) >= 11 is 0. The van der Waals surface area contributed by atoms with Gasteiger partial charge in [0.15, 0.2) is 5.96 Å². The predicted molar refractivity (Wildman–Crippen MR) is 80.6 cm³/mol. The standard InChI is InChI=1S/C11H22N4O.HI/c1-8(2)14-11(12)13-7-3-4-10(16)15-9-5-6-9;/h8-9H,3-7H2,1-2H3,(H,15,16)(H3,12,13,14);1H. The minimum Gasteiger partial charge on any atom is -0.370 e. The van der Waals surface area contributed by atoms with Crippen molar-refractivity contribution < 1.29 is 4.79 Å². The highest BCUT2D eigenvalue weighted by molar-refractivity contribution is 14.0. The van der Waals surface area contributed by atoms with E-state index in [0.717, 1.165) is 19.3 Å². The Balaban J connectivity index is 0.00000256. The average Bonchev–Trinajstić information content (AvgIpc) is 2.95. The van der Waals surface area contributed by atoms with Gasteiger partial charge in [0.2, 0.25) is 5.91 Å². The van der Waals surface area contributed by atoms with Crippen LogP contribution in [0, 0.1) is 0 Å².